The third-order valence-corrected chi connectivity index (χ3v) is 5.82. The molecule has 1 aliphatic heterocycles. The minimum atomic E-state index is -0.310. The van der Waals surface area contributed by atoms with Crippen molar-refractivity contribution in [3.63, 3.8) is 0 Å². The van der Waals surface area contributed by atoms with Gasteiger partial charge < -0.3 is 14.4 Å². The number of halogens is 1. The number of aromatic hydroxyl groups is 1. The smallest absolute Gasteiger partial charge is 0.279 e. The molecule has 0 radical (unpaired) electrons. The molecular formula is C25H16BrN3O4. The minimum absolute atomic E-state index is 0.00423. The number of amides is 1. The van der Waals surface area contributed by atoms with Gasteiger partial charge in [-0.15, -0.1) is 5.10 Å². The predicted octanol–water partition coefficient (Wildman–Crippen LogP) is 4.63. The summed E-state index contributed by atoms with van der Waals surface area (Å²) in [6, 6.07) is 19.4. The SMILES string of the molecule is O=C1/C(=N\N=C\c2coc3cc(O)ccc3c2=O)c2ccccc2N1Cc1ccc(Br)cc1. The van der Waals surface area contributed by atoms with E-state index >= 15 is 0 Å². The number of hydrogen-bond donors (Lipinski definition) is 1. The summed E-state index contributed by atoms with van der Waals surface area (Å²) in [5.41, 5.74) is 2.76. The molecule has 0 saturated heterocycles. The fourth-order valence-corrected chi connectivity index (χ4v) is 3.92. The molecule has 0 atom stereocenters. The van der Waals surface area contributed by atoms with E-state index in [2.05, 4.69) is 26.1 Å². The molecule has 8 heteroatoms. The van der Waals surface area contributed by atoms with Gasteiger partial charge in [0, 0.05) is 16.1 Å². The fourth-order valence-electron chi connectivity index (χ4n) is 3.66. The zero-order chi connectivity index (χ0) is 22.9. The van der Waals surface area contributed by atoms with Crippen LogP contribution in [0.2, 0.25) is 0 Å². The van der Waals surface area contributed by atoms with Crippen LogP contribution in [-0.4, -0.2) is 22.9 Å². The van der Waals surface area contributed by atoms with Gasteiger partial charge in [0.05, 0.1) is 29.4 Å². The van der Waals surface area contributed by atoms with Crippen molar-refractivity contribution in [1.82, 2.24) is 0 Å². The summed E-state index contributed by atoms with van der Waals surface area (Å²) < 4.78 is 6.38. The van der Waals surface area contributed by atoms with Crippen LogP contribution in [0.1, 0.15) is 16.7 Å². The molecule has 0 fully saturated rings. The lowest BCUT2D eigenvalue weighted by Gasteiger charge is -2.16. The van der Waals surface area contributed by atoms with Gasteiger partial charge in [-0.2, -0.15) is 5.10 Å². The van der Waals surface area contributed by atoms with Crippen molar-refractivity contribution < 1.29 is 14.3 Å². The lowest BCUT2D eigenvalue weighted by atomic mass is 10.1. The van der Waals surface area contributed by atoms with Crippen LogP contribution in [0.25, 0.3) is 11.0 Å². The Morgan fingerprint density at radius 1 is 1.03 bits per heavy atom. The number of phenols is 1. The van der Waals surface area contributed by atoms with E-state index in [-0.39, 0.29) is 33.9 Å². The van der Waals surface area contributed by atoms with Crippen molar-refractivity contribution in [2.75, 3.05) is 4.90 Å². The summed E-state index contributed by atoms with van der Waals surface area (Å²) >= 11 is 3.42. The number of nitrogens with zero attached hydrogens (tertiary/aromatic N) is 3. The molecule has 162 valence electrons. The highest BCUT2D eigenvalue weighted by atomic mass is 79.9. The first kappa shape index (κ1) is 20.8. The Labute approximate surface area is 196 Å². The second-order valence-electron chi connectivity index (χ2n) is 7.43. The van der Waals surface area contributed by atoms with Gasteiger partial charge in [0.2, 0.25) is 5.43 Å². The third kappa shape index (κ3) is 3.96. The van der Waals surface area contributed by atoms with E-state index in [1.54, 1.807) is 4.90 Å². The van der Waals surface area contributed by atoms with Crippen LogP contribution in [0, 0.1) is 0 Å². The molecule has 0 saturated carbocycles. The quantitative estimate of drug-likeness (QED) is 0.325. The highest BCUT2D eigenvalue weighted by Crippen LogP contribution is 2.31. The van der Waals surface area contributed by atoms with E-state index in [9.17, 15) is 14.7 Å². The molecule has 2 heterocycles. The number of rotatable bonds is 4. The van der Waals surface area contributed by atoms with Crippen LogP contribution in [0.15, 0.2) is 96.9 Å². The molecule has 0 unspecified atom stereocenters. The van der Waals surface area contributed by atoms with Crippen molar-refractivity contribution in [1.29, 1.82) is 0 Å². The van der Waals surface area contributed by atoms with Crippen LogP contribution in [0.5, 0.6) is 5.75 Å². The molecule has 1 N–H and O–H groups in total. The number of carbonyl (C=O) groups excluding carboxylic acids is 1. The van der Waals surface area contributed by atoms with Gasteiger partial charge in [0.1, 0.15) is 17.6 Å². The Kier molecular flexibility index (Phi) is 5.35. The van der Waals surface area contributed by atoms with Crippen LogP contribution < -0.4 is 10.3 Å². The molecule has 0 aliphatic carbocycles. The zero-order valence-electron chi connectivity index (χ0n) is 17.1. The van der Waals surface area contributed by atoms with E-state index in [0.717, 1.165) is 15.7 Å². The molecule has 1 aliphatic rings. The van der Waals surface area contributed by atoms with Gasteiger partial charge in [0.15, 0.2) is 5.71 Å². The molecule has 1 amide bonds. The molecule has 3 aromatic carbocycles. The van der Waals surface area contributed by atoms with Gasteiger partial charge in [-0.25, -0.2) is 0 Å². The summed E-state index contributed by atoms with van der Waals surface area (Å²) in [6.45, 7) is 0.396. The van der Waals surface area contributed by atoms with Crippen LogP contribution in [0.3, 0.4) is 0 Å². The monoisotopic (exact) mass is 501 g/mol. The second kappa shape index (κ2) is 8.48. The number of para-hydroxylation sites is 1. The van der Waals surface area contributed by atoms with Crippen molar-refractivity contribution in [3.8, 4) is 5.75 Å². The van der Waals surface area contributed by atoms with Crippen LogP contribution in [-0.2, 0) is 11.3 Å². The third-order valence-electron chi connectivity index (χ3n) is 5.29. The highest BCUT2D eigenvalue weighted by Gasteiger charge is 2.33. The fraction of sp³-hybridized carbons (Fsp3) is 0.0400. The maximum Gasteiger partial charge on any atom is 0.279 e. The van der Waals surface area contributed by atoms with E-state index in [1.807, 2.05) is 48.5 Å². The second-order valence-corrected chi connectivity index (χ2v) is 8.34. The lowest BCUT2D eigenvalue weighted by molar-refractivity contribution is -0.112. The first-order valence-corrected chi connectivity index (χ1v) is 10.8. The maximum absolute atomic E-state index is 13.2. The average Bonchev–Trinajstić information content (AvgIpc) is 3.08. The summed E-state index contributed by atoms with van der Waals surface area (Å²) in [5, 5.41) is 18.0. The minimum Gasteiger partial charge on any atom is -0.508 e. The normalized spacial score (nSPS) is 14.5. The molecule has 33 heavy (non-hydrogen) atoms. The van der Waals surface area contributed by atoms with E-state index in [1.165, 1.54) is 30.7 Å². The van der Waals surface area contributed by atoms with Crippen molar-refractivity contribution >= 4 is 50.4 Å². The Balaban J connectivity index is 1.46. The van der Waals surface area contributed by atoms with Gasteiger partial charge >= 0.3 is 0 Å². The zero-order valence-corrected chi connectivity index (χ0v) is 18.7. The van der Waals surface area contributed by atoms with Crippen LogP contribution in [0.4, 0.5) is 5.69 Å². The number of phenolic OH excluding ortho intramolecular Hbond substituents is 1. The van der Waals surface area contributed by atoms with Gasteiger partial charge in [-0.05, 0) is 35.9 Å². The van der Waals surface area contributed by atoms with E-state index < -0.39 is 0 Å². The van der Waals surface area contributed by atoms with Crippen molar-refractivity contribution in [2.45, 2.75) is 6.54 Å². The van der Waals surface area contributed by atoms with E-state index in [4.69, 9.17) is 4.42 Å². The standard InChI is InChI=1S/C25H16BrN3O4/c26-17-7-5-15(6-8-17)13-29-21-4-2-1-3-19(21)23(25(29)32)28-27-12-16-14-33-22-11-18(30)9-10-20(22)24(16)31/h1-12,14,30H,13H2/b27-12+,28-23-. The van der Waals surface area contributed by atoms with Gasteiger partial charge in [-0.3, -0.25) is 9.59 Å². The molecule has 5 rings (SSSR count). The number of hydrogen-bond acceptors (Lipinski definition) is 6. The molecule has 0 spiro atoms. The summed E-state index contributed by atoms with van der Waals surface area (Å²) in [4.78, 5) is 27.5. The molecule has 4 aromatic rings. The number of benzene rings is 3. The van der Waals surface area contributed by atoms with E-state index in [0.29, 0.717) is 17.5 Å². The Bertz CT molecular complexity index is 1510. The molecule has 1 aromatic heterocycles. The summed E-state index contributed by atoms with van der Waals surface area (Å²) in [5.74, 6) is -0.262. The summed E-state index contributed by atoms with van der Waals surface area (Å²) in [6.07, 6.45) is 2.51. The molecule has 0 bridgehead atoms. The first-order chi connectivity index (χ1) is 16.0. The number of fused-ring (bicyclic) bond motifs is 2. The average molecular weight is 502 g/mol. The molecule has 7 nitrogen and oxygen atoms in total. The Morgan fingerprint density at radius 2 is 1.82 bits per heavy atom. The van der Waals surface area contributed by atoms with Gasteiger partial charge in [0.25, 0.3) is 5.91 Å². The van der Waals surface area contributed by atoms with Gasteiger partial charge in [-0.1, -0.05) is 46.3 Å². The highest BCUT2D eigenvalue weighted by molar-refractivity contribution is 9.10. The Hall–Kier alpha value is -4.04. The Morgan fingerprint density at radius 3 is 2.64 bits per heavy atom. The summed E-state index contributed by atoms with van der Waals surface area (Å²) in [7, 11) is 0. The van der Waals surface area contributed by atoms with Crippen molar-refractivity contribution in [3.05, 3.63) is 104 Å². The predicted molar refractivity (Wildman–Crippen MR) is 130 cm³/mol. The topological polar surface area (TPSA) is 95.5 Å². The maximum atomic E-state index is 13.2. The largest absolute Gasteiger partial charge is 0.508 e. The molecular weight excluding hydrogens is 486 g/mol. The van der Waals surface area contributed by atoms with Crippen LogP contribution >= 0.6 is 15.9 Å². The van der Waals surface area contributed by atoms with Crippen molar-refractivity contribution in [2.24, 2.45) is 10.2 Å². The first-order valence-electron chi connectivity index (χ1n) is 10.0. The number of carbonyl (C=O) groups is 1. The number of anilines is 1. The lowest BCUT2D eigenvalue weighted by Crippen LogP contribution is -2.29.